The van der Waals surface area contributed by atoms with Gasteiger partial charge in [0.05, 0.1) is 0 Å². The molecule has 0 unspecified atom stereocenters. The van der Waals surface area contributed by atoms with E-state index in [4.69, 9.17) is 0 Å². The lowest BCUT2D eigenvalue weighted by Gasteiger charge is -2.19. The Morgan fingerprint density at radius 2 is 1.43 bits per heavy atom. The molecule has 118 valence electrons. The van der Waals surface area contributed by atoms with Crippen LogP contribution in [-0.4, -0.2) is 24.3 Å². The van der Waals surface area contributed by atoms with Gasteiger partial charge in [0.1, 0.15) is 5.94 Å². The van der Waals surface area contributed by atoms with Crippen molar-refractivity contribution in [2.75, 3.05) is 12.2 Å². The van der Waals surface area contributed by atoms with Crippen LogP contribution in [0.1, 0.15) is 22.3 Å². The van der Waals surface area contributed by atoms with Crippen molar-refractivity contribution in [3.05, 3.63) is 22.3 Å². The second kappa shape index (κ2) is 6.96. The fourth-order valence-electron chi connectivity index (χ4n) is 1.99. The highest BCUT2D eigenvalue weighted by molar-refractivity contribution is 7.99. The summed E-state index contributed by atoms with van der Waals surface area (Å²) >= 11 is 2.76. The Morgan fingerprint density at radius 1 is 1.00 bits per heavy atom. The quantitative estimate of drug-likeness (QED) is 0.448. The molecule has 0 aliphatic carbocycles. The van der Waals surface area contributed by atoms with Crippen LogP contribution in [0.2, 0.25) is 0 Å². The molecule has 1 aromatic carbocycles. The Morgan fingerprint density at radius 3 is 1.81 bits per heavy atom. The molecule has 0 bridgehead atoms. The third kappa shape index (κ3) is 4.10. The Labute approximate surface area is 130 Å². The van der Waals surface area contributed by atoms with Gasteiger partial charge < -0.3 is 4.74 Å². The van der Waals surface area contributed by atoms with E-state index in [9.17, 15) is 18.0 Å². The summed E-state index contributed by atoms with van der Waals surface area (Å²) in [5.41, 5.74) is 4.23. The zero-order valence-electron chi connectivity index (χ0n) is 12.5. The highest BCUT2D eigenvalue weighted by Gasteiger charge is 2.40. The Bertz CT molecular complexity index is 525. The maximum Gasteiger partial charge on any atom is 0.490 e. The molecule has 1 rings (SSSR count). The molecule has 0 aliphatic heterocycles. The first-order chi connectivity index (χ1) is 9.61. The minimum absolute atomic E-state index is 0.350. The number of esters is 1. The summed E-state index contributed by atoms with van der Waals surface area (Å²) in [6.45, 7) is 7.82. The lowest BCUT2D eigenvalue weighted by Crippen LogP contribution is -2.25. The number of rotatable bonds is 4. The molecule has 0 saturated carbocycles. The highest BCUT2D eigenvalue weighted by atomic mass is 32.2. The van der Waals surface area contributed by atoms with Gasteiger partial charge >= 0.3 is 12.1 Å². The van der Waals surface area contributed by atoms with Crippen LogP contribution in [0.5, 0.6) is 0 Å². The normalized spacial score (nSPS) is 11.6. The first kappa shape index (κ1) is 18.2. The molecule has 0 aromatic heterocycles. The number of carbonyl (C=O) groups excluding carboxylic acids is 1. The molecule has 0 amide bonds. The lowest BCUT2D eigenvalue weighted by molar-refractivity contribution is -0.197. The first-order valence-electron chi connectivity index (χ1n) is 6.12. The summed E-state index contributed by atoms with van der Waals surface area (Å²) in [6, 6.07) is 0. The minimum Gasteiger partial charge on any atom is -0.448 e. The zero-order chi connectivity index (χ0) is 16.4. The molecule has 0 radical (unpaired) electrons. The van der Waals surface area contributed by atoms with Crippen molar-refractivity contribution in [2.45, 2.75) is 43.7 Å². The zero-order valence-corrected chi connectivity index (χ0v) is 14.1. The van der Waals surface area contributed by atoms with Gasteiger partial charge in [-0.15, -0.1) is 11.8 Å². The largest absolute Gasteiger partial charge is 0.490 e. The summed E-state index contributed by atoms with van der Waals surface area (Å²) in [6.07, 6.45) is -2.95. The molecule has 2 nitrogen and oxygen atoms in total. The standard InChI is InChI=1S/C14H17F3O2S2/c1-7-9(3)12(10(4)8(2)11(7)20-5)21-6-19-13(18)14(15,16)17/h6H2,1-5H3. The first-order valence-corrected chi connectivity index (χ1v) is 8.33. The fourth-order valence-corrected chi connectivity index (χ4v) is 3.93. The topological polar surface area (TPSA) is 26.3 Å². The predicted molar refractivity (Wildman–Crippen MR) is 80.0 cm³/mol. The monoisotopic (exact) mass is 338 g/mol. The van der Waals surface area contributed by atoms with Gasteiger partial charge in [-0.1, -0.05) is 11.8 Å². The third-order valence-corrected chi connectivity index (χ3v) is 5.47. The molecular formula is C14H17F3O2S2. The molecule has 0 N–H and O–H groups in total. The molecule has 0 saturated heterocycles. The van der Waals surface area contributed by atoms with Gasteiger partial charge in [0.25, 0.3) is 0 Å². The molecule has 1 aromatic rings. The molecule has 0 atom stereocenters. The Kier molecular flexibility index (Phi) is 6.04. The van der Waals surface area contributed by atoms with Crippen molar-refractivity contribution in [3.8, 4) is 0 Å². The van der Waals surface area contributed by atoms with Gasteiger partial charge in [0, 0.05) is 9.79 Å². The number of ether oxygens (including phenoxy) is 1. The van der Waals surface area contributed by atoms with Crippen molar-refractivity contribution in [2.24, 2.45) is 0 Å². The van der Waals surface area contributed by atoms with Crippen LogP contribution in [0.15, 0.2) is 9.79 Å². The Hall–Kier alpha value is -0.820. The number of hydrogen-bond donors (Lipinski definition) is 0. The van der Waals surface area contributed by atoms with Crippen LogP contribution in [0, 0.1) is 27.7 Å². The Balaban J connectivity index is 2.93. The van der Waals surface area contributed by atoms with Crippen LogP contribution >= 0.6 is 23.5 Å². The lowest BCUT2D eigenvalue weighted by atomic mass is 10.0. The van der Waals surface area contributed by atoms with Gasteiger partial charge in [-0.3, -0.25) is 0 Å². The summed E-state index contributed by atoms with van der Waals surface area (Å²) in [4.78, 5) is 12.8. The van der Waals surface area contributed by atoms with Gasteiger partial charge in [-0.05, 0) is 56.2 Å². The number of hydrogen-bond acceptors (Lipinski definition) is 4. The van der Waals surface area contributed by atoms with Gasteiger partial charge in [0.15, 0.2) is 0 Å². The fraction of sp³-hybridized carbons (Fsp3) is 0.500. The van der Waals surface area contributed by atoms with E-state index in [-0.39, 0.29) is 5.94 Å². The van der Waals surface area contributed by atoms with E-state index >= 15 is 0 Å². The van der Waals surface area contributed by atoms with Crippen LogP contribution in [0.25, 0.3) is 0 Å². The van der Waals surface area contributed by atoms with E-state index in [2.05, 4.69) is 4.74 Å². The van der Waals surface area contributed by atoms with Crippen molar-refractivity contribution in [1.29, 1.82) is 0 Å². The van der Waals surface area contributed by atoms with Gasteiger partial charge in [0.2, 0.25) is 0 Å². The van der Waals surface area contributed by atoms with Crippen LogP contribution in [0.4, 0.5) is 13.2 Å². The van der Waals surface area contributed by atoms with Crippen molar-refractivity contribution in [3.63, 3.8) is 0 Å². The number of carbonyl (C=O) groups is 1. The number of thioether (sulfide) groups is 2. The summed E-state index contributed by atoms with van der Waals surface area (Å²) < 4.78 is 40.5. The van der Waals surface area contributed by atoms with Crippen molar-refractivity contribution in [1.82, 2.24) is 0 Å². The second-order valence-corrected chi connectivity index (χ2v) is 6.30. The van der Waals surface area contributed by atoms with Crippen LogP contribution in [-0.2, 0) is 9.53 Å². The maximum atomic E-state index is 12.1. The smallest absolute Gasteiger partial charge is 0.448 e. The SMILES string of the molecule is CSc1c(C)c(C)c(SCOC(=O)C(F)(F)F)c(C)c1C. The van der Waals surface area contributed by atoms with E-state index in [0.29, 0.717) is 0 Å². The predicted octanol–water partition coefficient (Wildman–Crippen LogP) is 4.80. The van der Waals surface area contributed by atoms with Gasteiger partial charge in [-0.2, -0.15) is 13.2 Å². The molecular weight excluding hydrogens is 321 g/mol. The molecule has 0 spiro atoms. The number of benzene rings is 1. The third-order valence-electron chi connectivity index (χ3n) is 3.32. The number of halogens is 3. The highest BCUT2D eigenvalue weighted by Crippen LogP contribution is 2.37. The summed E-state index contributed by atoms with van der Waals surface area (Å²) in [7, 11) is 0. The minimum atomic E-state index is -4.95. The van der Waals surface area contributed by atoms with Crippen LogP contribution in [0.3, 0.4) is 0 Å². The molecule has 0 fully saturated rings. The average molecular weight is 338 g/mol. The van der Waals surface area contributed by atoms with E-state index in [1.165, 1.54) is 4.90 Å². The van der Waals surface area contributed by atoms with E-state index in [1.54, 1.807) is 11.8 Å². The van der Waals surface area contributed by atoms with Crippen LogP contribution < -0.4 is 0 Å². The number of alkyl halides is 3. The maximum absolute atomic E-state index is 12.1. The molecule has 7 heteroatoms. The average Bonchev–Trinajstić information content (AvgIpc) is 2.40. The van der Waals surface area contributed by atoms with Crippen molar-refractivity contribution >= 4 is 29.5 Å². The molecule has 0 heterocycles. The molecule has 0 aliphatic rings. The molecule has 21 heavy (non-hydrogen) atoms. The van der Waals surface area contributed by atoms with E-state index < -0.39 is 12.1 Å². The van der Waals surface area contributed by atoms with Gasteiger partial charge in [-0.25, -0.2) is 4.79 Å². The second-order valence-electron chi connectivity index (χ2n) is 4.55. The van der Waals surface area contributed by atoms with E-state index in [1.807, 2.05) is 34.0 Å². The van der Waals surface area contributed by atoms with Crippen molar-refractivity contribution < 1.29 is 22.7 Å². The summed E-state index contributed by atoms with van der Waals surface area (Å²) in [5, 5.41) is 0. The van der Waals surface area contributed by atoms with E-state index in [0.717, 1.165) is 38.9 Å². The summed E-state index contributed by atoms with van der Waals surface area (Å²) in [5.74, 6) is -2.50.